The van der Waals surface area contributed by atoms with Crippen LogP contribution in [0.25, 0.3) is 0 Å². The van der Waals surface area contributed by atoms with Gasteiger partial charge in [0.05, 0.1) is 12.3 Å². The van der Waals surface area contributed by atoms with E-state index in [2.05, 4.69) is 10.5 Å². The first kappa shape index (κ1) is 16.3. The van der Waals surface area contributed by atoms with Crippen molar-refractivity contribution in [2.45, 2.75) is 13.3 Å². The number of aliphatic hydroxyl groups excluding tert-OH is 1. The molecule has 6 nitrogen and oxygen atoms in total. The zero-order chi connectivity index (χ0) is 16.1. The van der Waals surface area contributed by atoms with Crippen LogP contribution in [0.5, 0.6) is 11.5 Å². The smallest absolute Gasteiger partial charge is 0.240 e. The van der Waals surface area contributed by atoms with Gasteiger partial charge < -0.3 is 14.9 Å². The molecule has 0 saturated heterocycles. The van der Waals surface area contributed by atoms with Crippen LogP contribution < -0.4 is 10.2 Å². The van der Waals surface area contributed by atoms with Gasteiger partial charge in [-0.25, -0.2) is 5.43 Å². The third-order valence-corrected chi connectivity index (χ3v) is 3.59. The lowest BCUT2D eigenvalue weighted by molar-refractivity contribution is -0.121. The molecule has 7 heteroatoms. The van der Waals surface area contributed by atoms with Crippen LogP contribution in [-0.2, 0) is 4.79 Å². The number of hydrogen-bond donors (Lipinski definition) is 3. The van der Waals surface area contributed by atoms with Gasteiger partial charge in [-0.2, -0.15) is 5.10 Å². The van der Waals surface area contributed by atoms with E-state index in [1.807, 2.05) is 6.92 Å². The molecule has 1 unspecified atom stereocenters. The Hall–Kier alpha value is -2.05. The first-order valence-electron chi connectivity index (χ1n) is 6.81. The summed E-state index contributed by atoms with van der Waals surface area (Å²) in [6.45, 7) is 2.02. The maximum Gasteiger partial charge on any atom is 0.240 e. The fourth-order valence-corrected chi connectivity index (χ4v) is 2.34. The quantitative estimate of drug-likeness (QED) is 0.721. The summed E-state index contributed by atoms with van der Waals surface area (Å²) in [4.78, 5) is 11.3. The summed E-state index contributed by atoms with van der Waals surface area (Å²) in [6, 6.07) is 3.29. The van der Waals surface area contributed by atoms with Crippen LogP contribution >= 0.6 is 11.6 Å². The van der Waals surface area contributed by atoms with Crippen molar-refractivity contribution in [1.82, 2.24) is 5.43 Å². The molecular weight excluding hydrogens is 308 g/mol. The van der Waals surface area contributed by atoms with Gasteiger partial charge in [0, 0.05) is 17.9 Å². The number of aliphatic hydroxyl groups is 1. The van der Waals surface area contributed by atoms with E-state index in [0.717, 1.165) is 0 Å². The first-order chi connectivity index (χ1) is 10.5. The number of nitrogens with one attached hydrogen (secondary N) is 1. The molecule has 1 heterocycles. The number of nitrogens with zero attached hydrogens (tertiary/aromatic N) is 1. The normalized spacial score (nSPS) is 18.2. The zero-order valence-corrected chi connectivity index (χ0v) is 12.8. The van der Waals surface area contributed by atoms with Crippen molar-refractivity contribution in [2.75, 3.05) is 13.2 Å². The number of phenols is 1. The fraction of sp³-hybridized carbons (Fsp3) is 0.333. The van der Waals surface area contributed by atoms with E-state index < -0.39 is 0 Å². The molecule has 118 valence electrons. The van der Waals surface area contributed by atoms with Crippen molar-refractivity contribution < 1.29 is 19.7 Å². The molecule has 0 spiro atoms. The Morgan fingerprint density at radius 3 is 2.95 bits per heavy atom. The second-order valence-electron chi connectivity index (χ2n) is 4.88. The average molecular weight is 325 g/mol. The number of phenolic OH excluding ortho intramolecular Hbond substituents is 1. The number of carbonyl (C=O) groups excluding carboxylic acids is 1. The SMILES string of the molecule is CC1CC(=O)NN=C1c1ccc(OC/C=C\CO)c(Cl)c1O. The molecule has 0 fully saturated rings. The van der Waals surface area contributed by atoms with Crippen LogP contribution in [0.4, 0.5) is 0 Å². The highest BCUT2D eigenvalue weighted by atomic mass is 35.5. The van der Waals surface area contributed by atoms with Crippen LogP contribution in [0, 0.1) is 5.92 Å². The van der Waals surface area contributed by atoms with E-state index >= 15 is 0 Å². The maximum atomic E-state index is 11.3. The summed E-state index contributed by atoms with van der Waals surface area (Å²) in [5, 5.41) is 23.0. The Morgan fingerprint density at radius 1 is 1.50 bits per heavy atom. The van der Waals surface area contributed by atoms with Crippen LogP contribution in [0.15, 0.2) is 29.4 Å². The van der Waals surface area contributed by atoms with Gasteiger partial charge in [0.15, 0.2) is 0 Å². The van der Waals surface area contributed by atoms with Crippen LogP contribution in [0.1, 0.15) is 18.9 Å². The van der Waals surface area contributed by atoms with E-state index in [9.17, 15) is 9.90 Å². The lowest BCUT2D eigenvalue weighted by Crippen LogP contribution is -2.32. The largest absolute Gasteiger partial charge is 0.506 e. The molecule has 0 aliphatic carbocycles. The van der Waals surface area contributed by atoms with Crippen molar-refractivity contribution in [3.8, 4) is 11.5 Å². The standard InChI is InChI=1S/C15H17ClN2O4/c1-9-8-12(20)17-18-14(9)10-4-5-11(13(16)15(10)21)22-7-3-2-6-19/h2-5,9,19,21H,6-8H2,1H3,(H,17,20)/b3-2-. The number of ether oxygens (including phenoxy) is 1. The highest BCUT2D eigenvalue weighted by Gasteiger charge is 2.25. The summed E-state index contributed by atoms with van der Waals surface area (Å²) in [6.07, 6.45) is 3.49. The number of hydrogen-bond acceptors (Lipinski definition) is 5. The number of carbonyl (C=O) groups is 1. The minimum absolute atomic E-state index is 0.0648. The highest BCUT2D eigenvalue weighted by Crippen LogP contribution is 2.37. The molecule has 1 aromatic rings. The molecule has 22 heavy (non-hydrogen) atoms. The molecule has 1 aromatic carbocycles. The van der Waals surface area contributed by atoms with Gasteiger partial charge in [0.2, 0.25) is 5.91 Å². The lowest BCUT2D eigenvalue weighted by Gasteiger charge is -2.20. The molecule has 0 aromatic heterocycles. The van der Waals surface area contributed by atoms with Crippen molar-refractivity contribution in [3.63, 3.8) is 0 Å². The number of aromatic hydroxyl groups is 1. The molecule has 3 N–H and O–H groups in total. The molecule has 1 aliphatic rings. The topological polar surface area (TPSA) is 91.2 Å². The summed E-state index contributed by atoms with van der Waals surface area (Å²) in [5.74, 6) is -0.0712. The van der Waals surface area contributed by atoms with Gasteiger partial charge in [0.1, 0.15) is 23.1 Å². The van der Waals surface area contributed by atoms with Crippen molar-refractivity contribution in [3.05, 3.63) is 34.9 Å². The molecule has 1 atom stereocenters. The van der Waals surface area contributed by atoms with E-state index in [-0.39, 0.29) is 35.8 Å². The van der Waals surface area contributed by atoms with Gasteiger partial charge in [-0.15, -0.1) is 0 Å². The predicted octanol–water partition coefficient (Wildman–Crippen LogP) is 1.83. The van der Waals surface area contributed by atoms with Crippen LogP contribution in [0.3, 0.4) is 0 Å². The zero-order valence-electron chi connectivity index (χ0n) is 12.0. The number of benzene rings is 1. The summed E-state index contributed by atoms with van der Waals surface area (Å²) in [7, 11) is 0. The first-order valence-corrected chi connectivity index (χ1v) is 7.19. The fourth-order valence-electron chi connectivity index (χ4n) is 2.12. The van der Waals surface area contributed by atoms with E-state index in [1.54, 1.807) is 24.3 Å². The summed E-state index contributed by atoms with van der Waals surface area (Å²) < 4.78 is 5.41. The lowest BCUT2D eigenvalue weighted by atomic mass is 9.93. The Bertz CT molecular complexity index is 628. The second-order valence-corrected chi connectivity index (χ2v) is 5.25. The monoisotopic (exact) mass is 324 g/mol. The number of halogens is 1. The third-order valence-electron chi connectivity index (χ3n) is 3.22. The maximum absolute atomic E-state index is 11.3. The molecular formula is C15H17ClN2O4. The molecule has 1 amide bonds. The second kappa shape index (κ2) is 7.29. The number of rotatable bonds is 5. The van der Waals surface area contributed by atoms with Crippen LogP contribution in [0.2, 0.25) is 5.02 Å². The van der Waals surface area contributed by atoms with Crippen LogP contribution in [-0.4, -0.2) is 35.0 Å². The third kappa shape index (κ3) is 3.58. The van der Waals surface area contributed by atoms with Gasteiger partial charge in [-0.3, -0.25) is 4.79 Å². The Kier molecular flexibility index (Phi) is 5.41. The van der Waals surface area contributed by atoms with Gasteiger partial charge in [-0.1, -0.05) is 24.6 Å². The van der Waals surface area contributed by atoms with Crippen molar-refractivity contribution in [1.29, 1.82) is 0 Å². The number of hydrazone groups is 1. The van der Waals surface area contributed by atoms with Crippen molar-refractivity contribution in [2.24, 2.45) is 11.0 Å². The Labute approximate surface area is 133 Å². The van der Waals surface area contributed by atoms with Crippen molar-refractivity contribution >= 4 is 23.2 Å². The molecule has 0 bridgehead atoms. The Balaban J connectivity index is 2.23. The van der Waals surface area contributed by atoms with Gasteiger partial charge in [0.25, 0.3) is 0 Å². The molecule has 1 aliphatic heterocycles. The predicted molar refractivity (Wildman–Crippen MR) is 83.3 cm³/mol. The van der Waals surface area contributed by atoms with E-state index in [1.165, 1.54) is 0 Å². The van der Waals surface area contributed by atoms with E-state index in [4.69, 9.17) is 21.4 Å². The minimum Gasteiger partial charge on any atom is -0.506 e. The Morgan fingerprint density at radius 2 is 2.27 bits per heavy atom. The highest BCUT2D eigenvalue weighted by molar-refractivity contribution is 6.34. The molecule has 0 radical (unpaired) electrons. The summed E-state index contributed by atoms with van der Waals surface area (Å²) in [5.41, 5.74) is 3.44. The van der Waals surface area contributed by atoms with Gasteiger partial charge in [-0.05, 0) is 18.2 Å². The number of amides is 1. The average Bonchev–Trinajstić information content (AvgIpc) is 2.49. The summed E-state index contributed by atoms with van der Waals surface area (Å²) >= 11 is 6.12. The molecule has 2 rings (SSSR count). The van der Waals surface area contributed by atoms with Gasteiger partial charge >= 0.3 is 0 Å². The minimum atomic E-state index is -0.155. The van der Waals surface area contributed by atoms with E-state index in [0.29, 0.717) is 23.4 Å². The molecule has 0 saturated carbocycles.